The van der Waals surface area contributed by atoms with Gasteiger partial charge in [0.05, 0.1) is 34.6 Å². The number of pyridine rings is 1. The minimum atomic E-state index is 0. The summed E-state index contributed by atoms with van der Waals surface area (Å²) in [6.45, 7) is 11.1. The fraction of sp³-hybridized carbons (Fsp3) is 0.194. The molecule has 1 aliphatic carbocycles. The number of thiazole rings is 1. The maximum absolute atomic E-state index is 4.74. The number of aryl methyl sites for hydroxylation is 1. The van der Waals surface area contributed by atoms with Crippen LogP contribution in [-0.4, -0.2) is 23.9 Å². The van der Waals surface area contributed by atoms with E-state index in [1.807, 2.05) is 50.9 Å². The molecule has 6 nitrogen and oxygen atoms in total. The van der Waals surface area contributed by atoms with Gasteiger partial charge in [-0.25, -0.2) is 15.0 Å². The van der Waals surface area contributed by atoms with Gasteiger partial charge in [0.1, 0.15) is 5.65 Å². The first-order valence-electron chi connectivity index (χ1n) is 12.9. The molecule has 6 rings (SSSR count). The fourth-order valence-corrected chi connectivity index (χ4v) is 5.50. The van der Waals surface area contributed by atoms with E-state index in [9.17, 15) is 0 Å². The predicted octanol–water partition coefficient (Wildman–Crippen LogP) is 7.95. The third-order valence-electron chi connectivity index (χ3n) is 6.47. The molecule has 0 saturated carbocycles. The van der Waals surface area contributed by atoms with Gasteiger partial charge in [0, 0.05) is 51.0 Å². The third kappa shape index (κ3) is 5.38. The number of rotatable bonds is 8. The van der Waals surface area contributed by atoms with Crippen molar-refractivity contribution in [2.75, 3.05) is 5.32 Å². The van der Waals surface area contributed by atoms with Gasteiger partial charge >= 0.3 is 0 Å². The normalized spacial score (nSPS) is 12.6. The summed E-state index contributed by atoms with van der Waals surface area (Å²) in [5.74, 6) is 0. The molecule has 0 radical (unpaired) electrons. The summed E-state index contributed by atoms with van der Waals surface area (Å²) >= 11 is 1.73. The van der Waals surface area contributed by atoms with Gasteiger partial charge in [-0.05, 0) is 36.6 Å². The predicted molar refractivity (Wildman–Crippen MR) is 162 cm³/mol. The maximum atomic E-state index is 4.74. The lowest BCUT2D eigenvalue weighted by atomic mass is 10.1. The van der Waals surface area contributed by atoms with E-state index in [-0.39, 0.29) is 2.85 Å². The molecule has 1 aliphatic rings. The Morgan fingerprint density at radius 1 is 1.08 bits per heavy atom. The molecule has 5 aromatic rings. The molecule has 38 heavy (non-hydrogen) atoms. The molecule has 0 bridgehead atoms. The first-order chi connectivity index (χ1) is 18.6. The molecule has 4 heterocycles. The van der Waals surface area contributed by atoms with Crippen molar-refractivity contribution in [1.29, 1.82) is 0 Å². The summed E-state index contributed by atoms with van der Waals surface area (Å²) in [5, 5.41) is 4.58. The van der Waals surface area contributed by atoms with Gasteiger partial charge in [-0.1, -0.05) is 62.4 Å². The van der Waals surface area contributed by atoms with Gasteiger partial charge in [-0.15, -0.1) is 11.3 Å². The van der Waals surface area contributed by atoms with Crippen LogP contribution < -0.4 is 5.32 Å². The molecular formula is C31H36N6S. The van der Waals surface area contributed by atoms with Crippen LogP contribution in [-0.2, 0) is 13.0 Å². The van der Waals surface area contributed by atoms with Crippen molar-refractivity contribution < 1.29 is 2.85 Å². The Balaban J connectivity index is 0.00000108. The van der Waals surface area contributed by atoms with Gasteiger partial charge in [0.2, 0.25) is 0 Å². The van der Waals surface area contributed by atoms with Crippen LogP contribution in [0.2, 0.25) is 0 Å². The molecule has 0 atom stereocenters. The highest BCUT2D eigenvalue weighted by Gasteiger charge is 2.16. The monoisotopic (exact) mass is 524 g/mol. The Labute approximate surface area is 230 Å². The highest BCUT2D eigenvalue weighted by molar-refractivity contribution is 7.15. The Hall–Kier alpha value is -4.23. The van der Waals surface area contributed by atoms with Crippen LogP contribution in [0.5, 0.6) is 0 Å². The Morgan fingerprint density at radius 2 is 1.95 bits per heavy atom. The fourth-order valence-electron chi connectivity index (χ4n) is 4.52. The second-order valence-electron chi connectivity index (χ2n) is 9.01. The third-order valence-corrected chi connectivity index (χ3v) is 7.49. The molecule has 1 N–H and O–H groups in total. The standard InChI is InChI=1S/C29H26N6S.C2H6.2H2/c1-20-6-3-4-8-25(20)33-21(2)23-10-9-22(14-23)15-28-31-17-27(36-28)26-16-32-29-24(7-5-12-35(26)29)18-34-13-11-30-19-34;1-2;;/h3-13,16-17,19,33H,2,14-15,18H2,1H3;1-2H3;2*1H. The van der Waals surface area contributed by atoms with Crippen LogP contribution in [0.15, 0.2) is 109 Å². The number of hydrogen-bond acceptors (Lipinski definition) is 5. The lowest BCUT2D eigenvalue weighted by Crippen LogP contribution is -2.02. The first kappa shape index (κ1) is 25.4. The second kappa shape index (κ2) is 11.4. The van der Waals surface area contributed by atoms with E-state index >= 15 is 0 Å². The molecule has 0 unspecified atom stereocenters. The Bertz CT molecular complexity index is 1630. The van der Waals surface area contributed by atoms with Gasteiger partial charge in [-0.3, -0.25) is 4.40 Å². The number of aromatic nitrogens is 5. The smallest absolute Gasteiger partial charge is 0.142 e. The van der Waals surface area contributed by atoms with E-state index in [2.05, 4.69) is 75.4 Å². The summed E-state index contributed by atoms with van der Waals surface area (Å²) in [7, 11) is 0. The zero-order valence-electron chi connectivity index (χ0n) is 22.1. The van der Waals surface area contributed by atoms with Crippen LogP contribution in [0.25, 0.3) is 16.2 Å². The van der Waals surface area contributed by atoms with Gasteiger partial charge in [0.25, 0.3) is 0 Å². The number of anilines is 1. The van der Waals surface area contributed by atoms with Crippen molar-refractivity contribution in [2.45, 2.75) is 40.2 Å². The lowest BCUT2D eigenvalue weighted by Gasteiger charge is -2.13. The molecule has 0 aliphatic heterocycles. The quantitative estimate of drug-likeness (QED) is 0.224. The first-order valence-corrected chi connectivity index (χ1v) is 13.7. The van der Waals surface area contributed by atoms with Gasteiger partial charge < -0.3 is 9.88 Å². The Morgan fingerprint density at radius 3 is 2.76 bits per heavy atom. The summed E-state index contributed by atoms with van der Waals surface area (Å²) in [6, 6.07) is 12.5. The van der Waals surface area contributed by atoms with Crippen LogP contribution in [0.4, 0.5) is 5.69 Å². The molecule has 7 heteroatoms. The number of fused-ring (bicyclic) bond motifs is 1. The second-order valence-corrected chi connectivity index (χ2v) is 10.1. The van der Waals surface area contributed by atoms with Crippen molar-refractivity contribution in [3.05, 3.63) is 125 Å². The van der Waals surface area contributed by atoms with Crippen molar-refractivity contribution in [1.82, 2.24) is 23.9 Å². The highest BCUT2D eigenvalue weighted by Crippen LogP contribution is 2.32. The van der Waals surface area contributed by atoms with Gasteiger partial charge in [0.15, 0.2) is 0 Å². The SMILES string of the molecule is C=C(Nc1ccccc1C)C1=CC=C(Cc2ncc(-c3cnc4c(Cn5ccnc5)cccn34)s2)C1.CC.[HH].[HH]. The number of imidazole rings is 2. The molecule has 0 amide bonds. The van der Waals surface area contributed by atoms with Crippen LogP contribution in [0.1, 0.15) is 39.3 Å². The maximum Gasteiger partial charge on any atom is 0.142 e. The summed E-state index contributed by atoms with van der Waals surface area (Å²) in [4.78, 5) is 14.7. The van der Waals surface area contributed by atoms with Crippen LogP contribution in [0, 0.1) is 6.92 Å². The van der Waals surface area contributed by atoms with E-state index in [1.54, 1.807) is 17.5 Å². The van der Waals surface area contributed by atoms with Crippen LogP contribution >= 0.6 is 11.3 Å². The highest BCUT2D eigenvalue weighted by atomic mass is 32.1. The van der Waals surface area contributed by atoms with Crippen molar-refractivity contribution in [2.24, 2.45) is 0 Å². The van der Waals surface area contributed by atoms with Crippen molar-refractivity contribution in [3.8, 4) is 10.6 Å². The number of para-hydroxylation sites is 1. The number of nitrogens with one attached hydrogen (secondary N) is 1. The largest absolute Gasteiger partial charge is 0.356 e. The molecule has 4 aromatic heterocycles. The minimum absolute atomic E-state index is 0. The van der Waals surface area contributed by atoms with E-state index in [0.29, 0.717) is 0 Å². The number of nitrogens with zero attached hydrogens (tertiary/aromatic N) is 5. The van der Waals surface area contributed by atoms with E-state index < -0.39 is 0 Å². The molecule has 0 saturated heterocycles. The Kier molecular flexibility index (Phi) is 7.65. The van der Waals surface area contributed by atoms with Crippen molar-refractivity contribution >= 4 is 22.7 Å². The van der Waals surface area contributed by atoms with Crippen LogP contribution in [0.3, 0.4) is 0 Å². The zero-order valence-corrected chi connectivity index (χ0v) is 22.9. The summed E-state index contributed by atoms with van der Waals surface area (Å²) in [5.41, 5.74) is 9.01. The average Bonchev–Trinajstić information content (AvgIpc) is 3.75. The minimum Gasteiger partial charge on any atom is -0.356 e. The number of allylic oxidation sites excluding steroid dienone is 4. The van der Waals surface area contributed by atoms with E-state index in [0.717, 1.165) is 57.6 Å². The number of hydrogen-bond donors (Lipinski definition) is 1. The summed E-state index contributed by atoms with van der Waals surface area (Å²) in [6.07, 6.45) is 17.7. The lowest BCUT2D eigenvalue weighted by molar-refractivity contribution is 0.796. The van der Waals surface area contributed by atoms with Gasteiger partial charge in [-0.2, -0.15) is 0 Å². The molecule has 196 valence electrons. The zero-order chi connectivity index (χ0) is 26.5. The summed E-state index contributed by atoms with van der Waals surface area (Å²) < 4.78 is 4.20. The topological polar surface area (TPSA) is 60.0 Å². The molecule has 0 fully saturated rings. The molecule has 0 spiro atoms. The molecular weight excluding hydrogens is 488 g/mol. The van der Waals surface area contributed by atoms with E-state index in [4.69, 9.17) is 9.97 Å². The van der Waals surface area contributed by atoms with Crippen molar-refractivity contribution in [3.63, 3.8) is 0 Å². The number of benzene rings is 1. The molecule has 1 aromatic carbocycles. The van der Waals surface area contributed by atoms with E-state index in [1.165, 1.54) is 16.7 Å². The average molecular weight is 525 g/mol.